The fourth-order valence-corrected chi connectivity index (χ4v) is 3.01. The lowest BCUT2D eigenvalue weighted by molar-refractivity contribution is -0.372. The van der Waals surface area contributed by atoms with E-state index in [2.05, 4.69) is 0 Å². The molecule has 0 aromatic heterocycles. The van der Waals surface area contributed by atoms with Crippen LogP contribution in [0, 0.1) is 0 Å². The minimum absolute atomic E-state index is 0.280. The van der Waals surface area contributed by atoms with E-state index in [1.54, 1.807) is 0 Å². The summed E-state index contributed by atoms with van der Waals surface area (Å²) < 4.78 is 15.6. The van der Waals surface area contributed by atoms with Crippen LogP contribution in [0.15, 0.2) is 0 Å². The van der Waals surface area contributed by atoms with Crippen LogP contribution in [0.1, 0.15) is 13.3 Å². The van der Waals surface area contributed by atoms with E-state index >= 15 is 0 Å². The summed E-state index contributed by atoms with van der Waals surface area (Å²) in [6.45, 7) is -0.308. The van der Waals surface area contributed by atoms with Crippen LogP contribution in [0.3, 0.4) is 0 Å². The predicted molar refractivity (Wildman–Crippen MR) is 80.0 cm³/mol. The molecule has 152 valence electrons. The molecule has 2 fully saturated rings. The summed E-state index contributed by atoms with van der Waals surface area (Å²) in [5.74, 6) is -0.772. The first-order valence-corrected chi connectivity index (χ1v) is 8.05. The molecule has 8 N–H and O–H groups in total. The fourth-order valence-electron chi connectivity index (χ4n) is 3.01. The Bertz CT molecular complexity index is 494. The second kappa shape index (κ2) is 8.39. The molecule has 12 heteroatoms. The zero-order chi connectivity index (χ0) is 19.6. The molecule has 0 aliphatic carbocycles. The Morgan fingerprint density at radius 3 is 2.23 bits per heavy atom. The van der Waals surface area contributed by atoms with Crippen LogP contribution in [0.25, 0.3) is 0 Å². The molecule has 0 bridgehead atoms. The number of hydrogen-bond donors (Lipinski definition) is 8. The van der Waals surface area contributed by atoms with E-state index in [0.29, 0.717) is 0 Å². The number of hydrogen-bond acceptors (Lipinski definition) is 11. The molecule has 0 saturated carbocycles. The van der Waals surface area contributed by atoms with Crippen molar-refractivity contribution in [3.8, 4) is 0 Å². The summed E-state index contributed by atoms with van der Waals surface area (Å²) >= 11 is 0. The minimum Gasteiger partial charge on any atom is -0.394 e. The monoisotopic (exact) mass is 383 g/mol. The Morgan fingerprint density at radius 1 is 1.12 bits per heavy atom. The highest BCUT2D eigenvalue weighted by Gasteiger charge is 2.57. The lowest BCUT2D eigenvalue weighted by atomic mass is 9.92. The zero-order valence-corrected chi connectivity index (χ0v) is 14.0. The van der Waals surface area contributed by atoms with Gasteiger partial charge in [-0.1, -0.05) is 0 Å². The van der Waals surface area contributed by atoms with E-state index in [-0.39, 0.29) is 6.42 Å². The summed E-state index contributed by atoms with van der Waals surface area (Å²) in [5.41, 5.74) is -2.59. The molecule has 0 aromatic rings. The molecule has 1 amide bonds. The third kappa shape index (κ3) is 4.14. The van der Waals surface area contributed by atoms with E-state index in [4.69, 9.17) is 14.2 Å². The number of aliphatic hydroxyl groups is 7. The Hall–Kier alpha value is -0.930. The smallest absolute Gasteiger partial charge is 0.219 e. The molecular weight excluding hydrogens is 358 g/mol. The van der Waals surface area contributed by atoms with Gasteiger partial charge in [0.05, 0.1) is 19.3 Å². The molecule has 12 nitrogen and oxygen atoms in total. The minimum atomic E-state index is -2.59. The van der Waals surface area contributed by atoms with Gasteiger partial charge in [-0.3, -0.25) is 4.79 Å². The lowest BCUT2D eigenvalue weighted by Gasteiger charge is -2.49. The number of aliphatic hydroxyl groups excluding tert-OH is 6. The number of carbonyl (C=O) groups excluding carboxylic acids is 1. The largest absolute Gasteiger partial charge is 0.394 e. The quantitative estimate of drug-likeness (QED) is 0.212. The predicted octanol–water partition coefficient (Wildman–Crippen LogP) is -4.90. The summed E-state index contributed by atoms with van der Waals surface area (Å²) in [7, 11) is 0. The van der Waals surface area contributed by atoms with E-state index < -0.39 is 74.0 Å². The van der Waals surface area contributed by atoms with Gasteiger partial charge in [0.15, 0.2) is 6.29 Å². The van der Waals surface area contributed by atoms with Crippen LogP contribution in [0.2, 0.25) is 0 Å². The molecule has 26 heavy (non-hydrogen) atoms. The maximum Gasteiger partial charge on any atom is 0.219 e. The molecule has 2 aliphatic heterocycles. The van der Waals surface area contributed by atoms with Gasteiger partial charge in [-0.05, 0) is 0 Å². The highest BCUT2D eigenvalue weighted by molar-refractivity contribution is 5.73. The van der Waals surface area contributed by atoms with Gasteiger partial charge >= 0.3 is 0 Å². The second-order valence-electron chi connectivity index (χ2n) is 6.34. The average molecular weight is 383 g/mol. The average Bonchev–Trinajstić information content (AvgIpc) is 2.57. The molecular formula is C14H25NO11. The van der Waals surface area contributed by atoms with Crippen molar-refractivity contribution >= 4 is 5.91 Å². The van der Waals surface area contributed by atoms with Crippen LogP contribution in [-0.2, 0) is 19.0 Å². The van der Waals surface area contributed by atoms with Crippen molar-refractivity contribution < 1.29 is 54.8 Å². The van der Waals surface area contributed by atoms with E-state index in [0.717, 1.165) is 6.92 Å². The van der Waals surface area contributed by atoms with Crippen LogP contribution < -0.4 is 5.32 Å². The summed E-state index contributed by atoms with van der Waals surface area (Å²) in [6, 6.07) is 0. The molecule has 9 atom stereocenters. The van der Waals surface area contributed by atoms with Gasteiger partial charge in [0.1, 0.15) is 30.5 Å². The van der Waals surface area contributed by atoms with Crippen LogP contribution >= 0.6 is 0 Å². The van der Waals surface area contributed by atoms with Gasteiger partial charge in [0.2, 0.25) is 17.9 Å². The molecule has 1 unspecified atom stereocenters. The molecule has 2 saturated heterocycles. The first-order chi connectivity index (χ1) is 12.1. The van der Waals surface area contributed by atoms with Crippen LogP contribution in [-0.4, -0.2) is 110 Å². The van der Waals surface area contributed by atoms with Crippen molar-refractivity contribution in [3.05, 3.63) is 0 Å². The van der Waals surface area contributed by atoms with Crippen molar-refractivity contribution in [2.24, 2.45) is 0 Å². The van der Waals surface area contributed by atoms with Gasteiger partial charge in [0, 0.05) is 13.3 Å². The first-order valence-electron chi connectivity index (χ1n) is 8.05. The Labute approximate surface area is 148 Å². The van der Waals surface area contributed by atoms with Gasteiger partial charge in [-0.15, -0.1) is 0 Å². The number of nitrogens with one attached hydrogen (secondary N) is 1. The van der Waals surface area contributed by atoms with Gasteiger partial charge < -0.3 is 55.3 Å². The number of carbonyl (C=O) groups is 1. The van der Waals surface area contributed by atoms with Gasteiger partial charge in [-0.25, -0.2) is 0 Å². The Kier molecular flexibility index (Phi) is 6.90. The molecule has 2 rings (SSSR count). The summed E-state index contributed by atoms with van der Waals surface area (Å²) in [4.78, 5) is 11.4. The van der Waals surface area contributed by atoms with Gasteiger partial charge in [-0.2, -0.15) is 0 Å². The maximum absolute atomic E-state index is 11.4. The highest BCUT2D eigenvalue weighted by Crippen LogP contribution is 2.32. The van der Waals surface area contributed by atoms with E-state index in [1.807, 2.05) is 5.32 Å². The van der Waals surface area contributed by atoms with Crippen molar-refractivity contribution in [1.29, 1.82) is 0 Å². The summed E-state index contributed by atoms with van der Waals surface area (Å²) in [6.07, 6.45) is -12.3. The van der Waals surface area contributed by atoms with Crippen LogP contribution in [0.5, 0.6) is 0 Å². The Balaban J connectivity index is 2.24. The normalized spacial score (nSPS) is 46.8. The van der Waals surface area contributed by atoms with Crippen molar-refractivity contribution in [1.82, 2.24) is 5.32 Å². The van der Waals surface area contributed by atoms with E-state index in [9.17, 15) is 40.5 Å². The third-order valence-electron chi connectivity index (χ3n) is 4.38. The molecule has 0 radical (unpaired) electrons. The standard InChI is InChI=1S/C14H25NO11/c1-5(18)15-14(23)12(11(21)8(4-17)25-13(14)22)26-9-2-6(19)10(20)7(3-16)24-9/h6-13,16-17,19-23H,2-4H2,1H3,(H,15,18)/t6-,7-,8-,9+,10-,11-,12+,13?,14-/m1/s1. The molecule has 2 heterocycles. The fraction of sp³-hybridized carbons (Fsp3) is 0.929. The van der Waals surface area contributed by atoms with Crippen molar-refractivity contribution in [2.75, 3.05) is 13.2 Å². The molecule has 0 aromatic carbocycles. The van der Waals surface area contributed by atoms with Gasteiger partial charge in [0.25, 0.3) is 0 Å². The highest BCUT2D eigenvalue weighted by atomic mass is 16.7. The zero-order valence-electron chi connectivity index (χ0n) is 14.0. The number of ether oxygens (including phenoxy) is 3. The first kappa shape index (κ1) is 21.4. The van der Waals surface area contributed by atoms with Crippen molar-refractivity contribution in [2.45, 2.75) is 68.3 Å². The number of amides is 1. The lowest BCUT2D eigenvalue weighted by Crippen LogP contribution is -2.74. The molecule has 2 aliphatic rings. The summed E-state index contributed by atoms with van der Waals surface area (Å²) in [5, 5.41) is 71.0. The molecule has 0 spiro atoms. The topological polar surface area (TPSA) is 198 Å². The third-order valence-corrected chi connectivity index (χ3v) is 4.38. The van der Waals surface area contributed by atoms with Crippen LogP contribution in [0.4, 0.5) is 0 Å². The van der Waals surface area contributed by atoms with E-state index in [1.165, 1.54) is 0 Å². The SMILES string of the molecule is CC(=O)N[C@]1(O)C(O)O[C@H](CO)[C@@H](O)[C@@H]1O[C@H]1C[C@@H](O)[C@@H](O)[C@@H](CO)O1. The number of rotatable bonds is 5. The second-order valence-corrected chi connectivity index (χ2v) is 6.34. The maximum atomic E-state index is 11.4. The Morgan fingerprint density at radius 2 is 1.69 bits per heavy atom. The van der Waals surface area contributed by atoms with Crippen molar-refractivity contribution in [3.63, 3.8) is 0 Å².